The molecule has 1 aromatic heterocycles. The molecule has 1 aromatic carbocycles. The second-order valence-corrected chi connectivity index (χ2v) is 10.3. The van der Waals surface area contributed by atoms with Gasteiger partial charge in [0.25, 0.3) is 5.91 Å². The third-order valence-electron chi connectivity index (χ3n) is 5.29. The van der Waals surface area contributed by atoms with Crippen molar-refractivity contribution in [2.45, 2.75) is 37.1 Å². The zero-order valence-electron chi connectivity index (χ0n) is 17.0. The number of nitrogens with zero attached hydrogens (tertiary/aromatic N) is 1. The Balaban J connectivity index is 1.71. The van der Waals surface area contributed by atoms with E-state index in [1.165, 1.54) is 47.0 Å². The Kier molecular flexibility index (Phi) is 7.27. The smallest absolute Gasteiger partial charge is 0.307 e. The number of benzene rings is 1. The maximum absolute atomic E-state index is 12.8. The molecule has 30 heavy (non-hydrogen) atoms. The van der Waals surface area contributed by atoms with Gasteiger partial charge in [0.1, 0.15) is 0 Å². The van der Waals surface area contributed by atoms with Crippen LogP contribution >= 0.6 is 11.3 Å². The topological polar surface area (TPSA) is 92.8 Å². The summed E-state index contributed by atoms with van der Waals surface area (Å²) in [7, 11) is -2.26. The second-order valence-electron chi connectivity index (χ2n) is 7.43. The molecule has 0 bridgehead atoms. The molecule has 1 atom stereocenters. The van der Waals surface area contributed by atoms with E-state index in [0.29, 0.717) is 24.6 Å². The summed E-state index contributed by atoms with van der Waals surface area (Å²) in [5.41, 5.74) is 0.327. The van der Waals surface area contributed by atoms with Crippen molar-refractivity contribution in [2.75, 3.05) is 20.2 Å². The number of methoxy groups -OCH3 is 1. The number of hydrogen-bond acceptors (Lipinski definition) is 6. The molecule has 7 nitrogen and oxygen atoms in total. The molecule has 162 valence electrons. The normalized spacial score (nSPS) is 16.7. The van der Waals surface area contributed by atoms with E-state index in [-0.39, 0.29) is 17.2 Å². The van der Waals surface area contributed by atoms with Crippen LogP contribution in [0.15, 0.2) is 46.7 Å². The minimum Gasteiger partial charge on any atom is -0.469 e. The van der Waals surface area contributed by atoms with Gasteiger partial charge in [0.15, 0.2) is 0 Å². The van der Waals surface area contributed by atoms with Gasteiger partial charge in [0.05, 0.1) is 24.5 Å². The highest BCUT2D eigenvalue weighted by Gasteiger charge is 2.28. The van der Waals surface area contributed by atoms with Crippen LogP contribution in [-0.4, -0.2) is 44.8 Å². The Bertz CT molecular complexity index is 963. The van der Waals surface area contributed by atoms with E-state index >= 15 is 0 Å². The Hall–Kier alpha value is -2.23. The van der Waals surface area contributed by atoms with Gasteiger partial charge < -0.3 is 10.1 Å². The molecular formula is C21H26N2O5S2. The molecule has 0 spiro atoms. The van der Waals surface area contributed by atoms with Gasteiger partial charge in [-0.15, -0.1) is 11.3 Å². The second kappa shape index (κ2) is 9.72. The van der Waals surface area contributed by atoms with E-state index in [4.69, 9.17) is 4.74 Å². The van der Waals surface area contributed by atoms with Crippen molar-refractivity contribution < 1.29 is 22.7 Å². The predicted octanol–water partition coefficient (Wildman–Crippen LogP) is 3.20. The predicted molar refractivity (Wildman–Crippen MR) is 115 cm³/mol. The largest absolute Gasteiger partial charge is 0.469 e. The van der Waals surface area contributed by atoms with E-state index < -0.39 is 22.0 Å². The number of amides is 1. The number of carbonyl (C=O) groups excluding carboxylic acids is 2. The van der Waals surface area contributed by atoms with Gasteiger partial charge in [-0.2, -0.15) is 4.31 Å². The van der Waals surface area contributed by atoms with E-state index in [1.54, 1.807) is 0 Å². The highest BCUT2D eigenvalue weighted by Crippen LogP contribution is 2.25. The molecule has 1 amide bonds. The zero-order valence-corrected chi connectivity index (χ0v) is 18.7. The number of sulfonamides is 1. The van der Waals surface area contributed by atoms with Crippen molar-refractivity contribution in [3.05, 3.63) is 52.2 Å². The van der Waals surface area contributed by atoms with E-state index in [9.17, 15) is 18.0 Å². The standard InChI is InChI=1S/C21H26N2O5S2/c1-15-9-11-23(12-10-15)30(26,27)17-7-5-16(6-8-17)21(25)22-18(14-20(24)28-2)19-4-3-13-29-19/h3-8,13,15,18H,9-12,14H2,1-2H3,(H,22,25). The van der Waals surface area contributed by atoms with Gasteiger partial charge in [-0.1, -0.05) is 13.0 Å². The zero-order chi connectivity index (χ0) is 21.7. The quantitative estimate of drug-likeness (QED) is 0.654. The van der Waals surface area contributed by atoms with E-state index in [1.807, 2.05) is 17.5 Å². The summed E-state index contributed by atoms with van der Waals surface area (Å²) in [6.07, 6.45) is 1.72. The third kappa shape index (κ3) is 5.27. The lowest BCUT2D eigenvalue weighted by Gasteiger charge is -2.29. The molecule has 1 unspecified atom stereocenters. The SMILES string of the molecule is COC(=O)CC(NC(=O)c1ccc(S(=O)(=O)N2CCC(C)CC2)cc1)c1cccs1. The van der Waals surface area contributed by atoms with Crippen LogP contribution in [0.4, 0.5) is 0 Å². The van der Waals surface area contributed by atoms with Crippen LogP contribution in [0.1, 0.15) is 47.5 Å². The number of nitrogens with one attached hydrogen (secondary N) is 1. The summed E-state index contributed by atoms with van der Waals surface area (Å²) in [5, 5.41) is 4.71. The van der Waals surface area contributed by atoms with Crippen LogP contribution in [0, 0.1) is 5.92 Å². The Morgan fingerprint density at radius 3 is 2.43 bits per heavy atom. The number of hydrogen-bond donors (Lipinski definition) is 1. The van der Waals surface area contributed by atoms with E-state index in [0.717, 1.165) is 17.7 Å². The van der Waals surface area contributed by atoms with Crippen molar-refractivity contribution >= 4 is 33.2 Å². The van der Waals surface area contributed by atoms with Gasteiger partial charge in [-0.25, -0.2) is 8.42 Å². The first-order valence-electron chi connectivity index (χ1n) is 9.82. The maximum Gasteiger partial charge on any atom is 0.307 e. The van der Waals surface area contributed by atoms with E-state index in [2.05, 4.69) is 12.2 Å². The lowest BCUT2D eigenvalue weighted by Crippen LogP contribution is -2.37. The molecule has 9 heteroatoms. The van der Waals surface area contributed by atoms with Crippen LogP contribution in [0.25, 0.3) is 0 Å². The number of piperidine rings is 1. The molecule has 1 aliphatic rings. The summed E-state index contributed by atoms with van der Waals surface area (Å²) in [6.45, 7) is 3.16. The fourth-order valence-electron chi connectivity index (χ4n) is 3.36. The summed E-state index contributed by atoms with van der Waals surface area (Å²) in [5.74, 6) is -0.275. The molecule has 2 aromatic rings. The van der Waals surface area contributed by atoms with Crippen molar-refractivity contribution in [2.24, 2.45) is 5.92 Å². The number of rotatable bonds is 7. The molecule has 1 N–H and O–H groups in total. The molecule has 0 radical (unpaired) electrons. The van der Waals surface area contributed by atoms with Gasteiger partial charge >= 0.3 is 5.97 Å². The fourth-order valence-corrected chi connectivity index (χ4v) is 5.60. The Morgan fingerprint density at radius 2 is 1.87 bits per heavy atom. The molecular weight excluding hydrogens is 424 g/mol. The summed E-state index contributed by atoms with van der Waals surface area (Å²) in [4.78, 5) is 25.4. The van der Waals surface area contributed by atoms with Gasteiger partial charge in [0.2, 0.25) is 10.0 Å². The summed E-state index contributed by atoms with van der Waals surface area (Å²) in [6, 6.07) is 9.09. The Morgan fingerprint density at radius 1 is 1.20 bits per heavy atom. The van der Waals surface area contributed by atoms with Crippen LogP contribution in [0.3, 0.4) is 0 Å². The summed E-state index contributed by atoms with van der Waals surface area (Å²) >= 11 is 1.44. The average Bonchev–Trinajstić information content (AvgIpc) is 3.28. The fraction of sp³-hybridized carbons (Fsp3) is 0.429. The molecule has 3 rings (SSSR count). The Labute approximate surface area is 181 Å². The van der Waals surface area contributed by atoms with Crippen LogP contribution in [0.5, 0.6) is 0 Å². The molecule has 1 saturated heterocycles. The first-order valence-corrected chi connectivity index (χ1v) is 12.1. The molecule has 2 heterocycles. The maximum atomic E-state index is 12.8. The minimum atomic E-state index is -3.56. The summed E-state index contributed by atoms with van der Waals surface area (Å²) < 4.78 is 31.9. The van der Waals surface area contributed by atoms with Crippen molar-refractivity contribution in [3.63, 3.8) is 0 Å². The van der Waals surface area contributed by atoms with Crippen molar-refractivity contribution in [1.29, 1.82) is 0 Å². The first kappa shape index (κ1) is 22.5. The number of esters is 1. The third-order valence-corrected chi connectivity index (χ3v) is 8.19. The molecule has 1 aliphatic heterocycles. The highest BCUT2D eigenvalue weighted by molar-refractivity contribution is 7.89. The van der Waals surface area contributed by atoms with Crippen LogP contribution in [0.2, 0.25) is 0 Å². The van der Waals surface area contributed by atoms with Gasteiger partial charge in [0, 0.05) is 23.5 Å². The van der Waals surface area contributed by atoms with Gasteiger partial charge in [-0.05, 0) is 54.5 Å². The van der Waals surface area contributed by atoms with Crippen molar-refractivity contribution in [1.82, 2.24) is 9.62 Å². The minimum absolute atomic E-state index is 0.0165. The van der Waals surface area contributed by atoms with Crippen LogP contribution < -0.4 is 5.32 Å². The average molecular weight is 451 g/mol. The van der Waals surface area contributed by atoms with Crippen molar-refractivity contribution in [3.8, 4) is 0 Å². The molecule has 0 saturated carbocycles. The molecule has 0 aliphatic carbocycles. The number of carbonyl (C=O) groups is 2. The first-order chi connectivity index (χ1) is 14.3. The lowest BCUT2D eigenvalue weighted by atomic mass is 10.0. The van der Waals surface area contributed by atoms with Gasteiger partial charge in [-0.3, -0.25) is 9.59 Å². The molecule has 1 fully saturated rings. The van der Waals surface area contributed by atoms with Crippen LogP contribution in [-0.2, 0) is 19.6 Å². The highest BCUT2D eigenvalue weighted by atomic mass is 32.2. The lowest BCUT2D eigenvalue weighted by molar-refractivity contribution is -0.141. The number of ether oxygens (including phenoxy) is 1. The number of thiophene rings is 1. The monoisotopic (exact) mass is 450 g/mol.